The third-order valence-electron chi connectivity index (χ3n) is 2.36. The molecule has 0 aliphatic rings. The summed E-state index contributed by atoms with van der Waals surface area (Å²) in [4.78, 5) is 13.0. The molecule has 0 spiro atoms. The van der Waals surface area contributed by atoms with Crippen molar-refractivity contribution in [2.24, 2.45) is 0 Å². The highest BCUT2D eigenvalue weighted by molar-refractivity contribution is 5.75. The molecular weight excluding hydrogens is 178 g/mol. The van der Waals surface area contributed by atoms with Crippen molar-refractivity contribution >= 4 is 5.91 Å². The smallest absolute Gasteiger partial charge is 0.219 e. The molecule has 0 aliphatic heterocycles. The fourth-order valence-corrected chi connectivity index (χ4v) is 0.992. The third-order valence-corrected chi connectivity index (χ3v) is 2.36. The lowest BCUT2D eigenvalue weighted by Crippen LogP contribution is -2.36. The van der Waals surface area contributed by atoms with Gasteiger partial charge in [-0.15, -0.1) is 0 Å². The number of hydrogen-bond donors (Lipinski definition) is 2. The van der Waals surface area contributed by atoms with E-state index in [-0.39, 0.29) is 5.91 Å². The van der Waals surface area contributed by atoms with Crippen molar-refractivity contribution in [2.45, 2.75) is 25.8 Å². The molecule has 1 unspecified atom stereocenters. The maximum atomic E-state index is 10.9. The molecule has 0 bridgehead atoms. The topological polar surface area (TPSA) is 44.4 Å². The van der Waals surface area contributed by atoms with Crippen molar-refractivity contribution < 1.29 is 4.79 Å². The van der Waals surface area contributed by atoms with E-state index in [4.69, 9.17) is 0 Å². The number of nitrogens with zero attached hydrogens (tertiary/aromatic N) is 1. The summed E-state index contributed by atoms with van der Waals surface area (Å²) in [6.07, 6.45) is 1.51. The molecule has 0 aromatic heterocycles. The molecule has 2 N–H and O–H groups in total. The summed E-state index contributed by atoms with van der Waals surface area (Å²) in [7, 11) is 5.80. The van der Waals surface area contributed by atoms with Crippen LogP contribution in [-0.4, -0.2) is 51.1 Å². The van der Waals surface area contributed by atoms with Crippen LogP contribution in [-0.2, 0) is 4.79 Å². The first-order valence-corrected chi connectivity index (χ1v) is 5.15. The van der Waals surface area contributed by atoms with E-state index in [1.54, 1.807) is 7.05 Å². The summed E-state index contributed by atoms with van der Waals surface area (Å²) in [5.41, 5.74) is 0. The van der Waals surface area contributed by atoms with Gasteiger partial charge in [0.25, 0.3) is 0 Å². The number of likely N-dealkylation sites (N-methyl/N-ethyl adjacent to an activating group) is 1. The quantitative estimate of drug-likeness (QED) is 0.572. The largest absolute Gasteiger partial charge is 0.359 e. The van der Waals surface area contributed by atoms with Crippen LogP contribution in [0.5, 0.6) is 0 Å². The number of carbonyl (C=O) groups is 1. The minimum Gasteiger partial charge on any atom is -0.359 e. The highest BCUT2D eigenvalue weighted by Crippen LogP contribution is 1.90. The van der Waals surface area contributed by atoms with Gasteiger partial charge in [0.1, 0.15) is 0 Å². The van der Waals surface area contributed by atoms with Crippen LogP contribution < -0.4 is 10.6 Å². The van der Waals surface area contributed by atoms with Gasteiger partial charge in [-0.2, -0.15) is 0 Å². The molecule has 0 aromatic rings. The van der Waals surface area contributed by atoms with E-state index in [1.807, 2.05) is 0 Å². The zero-order valence-electron chi connectivity index (χ0n) is 9.76. The second kappa shape index (κ2) is 7.76. The molecule has 14 heavy (non-hydrogen) atoms. The first kappa shape index (κ1) is 13.4. The average molecular weight is 201 g/mol. The highest BCUT2D eigenvalue weighted by atomic mass is 16.1. The minimum absolute atomic E-state index is 0.118. The Balaban J connectivity index is 3.25. The zero-order chi connectivity index (χ0) is 11.0. The van der Waals surface area contributed by atoms with Crippen LogP contribution >= 0.6 is 0 Å². The number of amides is 1. The minimum atomic E-state index is 0.118. The van der Waals surface area contributed by atoms with E-state index < -0.39 is 0 Å². The van der Waals surface area contributed by atoms with Crippen LogP contribution in [0.3, 0.4) is 0 Å². The van der Waals surface area contributed by atoms with Gasteiger partial charge in [-0.05, 0) is 34.0 Å². The molecule has 4 nitrogen and oxygen atoms in total. The summed E-state index contributed by atoms with van der Waals surface area (Å²) < 4.78 is 0. The van der Waals surface area contributed by atoms with Crippen LogP contribution in [0.1, 0.15) is 19.8 Å². The molecule has 0 aromatic carbocycles. The Kier molecular flexibility index (Phi) is 7.42. The van der Waals surface area contributed by atoms with Crippen molar-refractivity contribution in [1.29, 1.82) is 0 Å². The molecule has 0 aliphatic carbocycles. The zero-order valence-corrected chi connectivity index (χ0v) is 9.76. The van der Waals surface area contributed by atoms with Crippen LogP contribution in [0.15, 0.2) is 0 Å². The van der Waals surface area contributed by atoms with Gasteiger partial charge in [0.2, 0.25) is 5.91 Å². The molecule has 0 saturated heterocycles. The lowest BCUT2D eigenvalue weighted by Gasteiger charge is -2.19. The Morgan fingerprint density at radius 3 is 2.57 bits per heavy atom. The fraction of sp³-hybridized carbons (Fsp3) is 0.900. The normalized spacial score (nSPS) is 12.9. The first-order valence-electron chi connectivity index (χ1n) is 5.15. The number of nitrogens with one attached hydrogen (secondary N) is 2. The molecule has 0 saturated carbocycles. The van der Waals surface area contributed by atoms with E-state index >= 15 is 0 Å². The maximum Gasteiger partial charge on any atom is 0.219 e. The fourth-order valence-electron chi connectivity index (χ4n) is 0.992. The SMILES string of the molecule is CNC(=O)CCCNCC(C)N(C)C. The Morgan fingerprint density at radius 2 is 2.07 bits per heavy atom. The molecule has 0 fully saturated rings. The monoisotopic (exact) mass is 201 g/mol. The molecule has 0 heterocycles. The number of hydrogen-bond acceptors (Lipinski definition) is 3. The van der Waals surface area contributed by atoms with E-state index in [2.05, 4.69) is 36.6 Å². The van der Waals surface area contributed by atoms with Crippen molar-refractivity contribution in [3.05, 3.63) is 0 Å². The van der Waals surface area contributed by atoms with E-state index in [0.717, 1.165) is 19.5 Å². The Labute approximate surface area is 87.0 Å². The van der Waals surface area contributed by atoms with E-state index in [0.29, 0.717) is 12.5 Å². The summed E-state index contributed by atoms with van der Waals surface area (Å²) in [5, 5.41) is 5.93. The van der Waals surface area contributed by atoms with Gasteiger partial charge in [0.15, 0.2) is 0 Å². The molecule has 4 heteroatoms. The summed E-state index contributed by atoms with van der Waals surface area (Å²) in [6, 6.07) is 0.537. The summed E-state index contributed by atoms with van der Waals surface area (Å²) in [6.45, 7) is 4.05. The lowest BCUT2D eigenvalue weighted by molar-refractivity contribution is -0.120. The van der Waals surface area contributed by atoms with Crippen LogP contribution in [0.25, 0.3) is 0 Å². The molecule has 0 radical (unpaired) electrons. The van der Waals surface area contributed by atoms with Gasteiger partial charge in [0.05, 0.1) is 0 Å². The van der Waals surface area contributed by atoms with Gasteiger partial charge >= 0.3 is 0 Å². The maximum absolute atomic E-state index is 10.9. The average Bonchev–Trinajstić information content (AvgIpc) is 2.16. The van der Waals surface area contributed by atoms with Gasteiger partial charge < -0.3 is 15.5 Å². The van der Waals surface area contributed by atoms with Gasteiger partial charge in [-0.1, -0.05) is 0 Å². The van der Waals surface area contributed by atoms with Gasteiger partial charge in [-0.3, -0.25) is 4.79 Å². The van der Waals surface area contributed by atoms with Gasteiger partial charge in [0, 0.05) is 26.1 Å². The predicted octanol–water partition coefficient (Wildman–Crippen LogP) is 0.0523. The lowest BCUT2D eigenvalue weighted by atomic mass is 10.2. The Hall–Kier alpha value is -0.610. The molecule has 0 rings (SSSR count). The van der Waals surface area contributed by atoms with Crippen molar-refractivity contribution in [3.63, 3.8) is 0 Å². The molecular formula is C10H23N3O. The second-order valence-corrected chi connectivity index (χ2v) is 3.79. The Morgan fingerprint density at radius 1 is 1.43 bits per heavy atom. The number of rotatable bonds is 7. The van der Waals surface area contributed by atoms with Crippen molar-refractivity contribution in [3.8, 4) is 0 Å². The Bertz CT molecular complexity index is 159. The highest BCUT2D eigenvalue weighted by Gasteiger charge is 2.03. The van der Waals surface area contributed by atoms with Crippen molar-refractivity contribution in [1.82, 2.24) is 15.5 Å². The standard InChI is InChI=1S/C10H23N3O/c1-9(13(3)4)8-12-7-5-6-10(14)11-2/h9,12H,5-8H2,1-4H3,(H,11,14). The summed E-state index contributed by atoms with van der Waals surface area (Å²) in [5.74, 6) is 0.118. The van der Waals surface area contributed by atoms with E-state index in [1.165, 1.54) is 0 Å². The molecule has 1 amide bonds. The second-order valence-electron chi connectivity index (χ2n) is 3.79. The molecule has 1 atom stereocenters. The molecule has 84 valence electrons. The summed E-state index contributed by atoms with van der Waals surface area (Å²) >= 11 is 0. The first-order chi connectivity index (χ1) is 6.57. The number of carbonyl (C=O) groups excluding carboxylic acids is 1. The van der Waals surface area contributed by atoms with Crippen LogP contribution in [0.2, 0.25) is 0 Å². The predicted molar refractivity (Wildman–Crippen MR) is 59.3 cm³/mol. The third kappa shape index (κ3) is 6.86. The van der Waals surface area contributed by atoms with Gasteiger partial charge in [-0.25, -0.2) is 0 Å². The van der Waals surface area contributed by atoms with Crippen LogP contribution in [0, 0.1) is 0 Å². The van der Waals surface area contributed by atoms with Crippen molar-refractivity contribution in [2.75, 3.05) is 34.2 Å². The van der Waals surface area contributed by atoms with Crippen LogP contribution in [0.4, 0.5) is 0 Å². The van der Waals surface area contributed by atoms with E-state index in [9.17, 15) is 4.79 Å².